The Balaban J connectivity index is 1.89. The minimum atomic E-state index is -0.841. The molecule has 0 saturated heterocycles. The quantitative estimate of drug-likeness (QED) is 0.859. The molecule has 0 radical (unpaired) electrons. The lowest BCUT2D eigenvalue weighted by atomic mass is 9.61. The first-order valence-corrected chi connectivity index (χ1v) is 8.70. The van der Waals surface area contributed by atoms with Gasteiger partial charge in [-0.15, -0.1) is 0 Å². The molecule has 3 aliphatic rings. The zero-order valence-electron chi connectivity index (χ0n) is 14.6. The number of nitrogens with two attached hydrogens (primary N) is 1. The van der Waals surface area contributed by atoms with Crippen LogP contribution in [0.3, 0.4) is 0 Å². The number of ether oxygens (including phenoxy) is 1. The van der Waals surface area contributed by atoms with E-state index in [2.05, 4.69) is 25.1 Å². The second-order valence-electron chi connectivity index (χ2n) is 7.60. The molecule has 1 unspecified atom stereocenters. The molecule has 1 fully saturated rings. The van der Waals surface area contributed by atoms with Crippen LogP contribution < -0.4 is 5.73 Å². The van der Waals surface area contributed by atoms with Crippen molar-refractivity contribution in [3.8, 4) is 0 Å². The molecule has 2 N–H and O–H groups in total. The third-order valence-corrected chi connectivity index (χ3v) is 6.41. The first-order chi connectivity index (χ1) is 11.4. The van der Waals surface area contributed by atoms with Gasteiger partial charge in [-0.05, 0) is 50.2 Å². The van der Waals surface area contributed by atoms with Crippen LogP contribution in [0.25, 0.3) is 0 Å². The second-order valence-corrected chi connectivity index (χ2v) is 7.60. The lowest BCUT2D eigenvalue weighted by molar-refractivity contribution is -0.137. The predicted molar refractivity (Wildman–Crippen MR) is 92.7 cm³/mol. The highest BCUT2D eigenvalue weighted by molar-refractivity contribution is 6.08. The fraction of sp³-hybridized carbons (Fsp3) is 0.579. The molecule has 1 amide bonds. The number of carbonyl (C=O) groups is 1. The first kappa shape index (κ1) is 15.6. The van der Waals surface area contributed by atoms with E-state index in [1.807, 2.05) is 0 Å². The van der Waals surface area contributed by atoms with Gasteiger partial charge in [-0.1, -0.05) is 23.8 Å². The normalized spacial score (nSPS) is 35.0. The first-order valence-electron chi connectivity index (χ1n) is 8.70. The molecule has 1 aromatic carbocycles. The number of benzene rings is 1. The maximum absolute atomic E-state index is 13.3. The summed E-state index contributed by atoms with van der Waals surface area (Å²) in [5.74, 6) is 0.364. The Morgan fingerprint density at radius 2 is 2.04 bits per heavy atom. The Kier molecular flexibility index (Phi) is 3.29. The number of rotatable bonds is 1. The SMILES string of the molecule is COC1CCC2(CC1)Cc1ccc(C)cc1C21N=C(N)N(C)C1=O. The van der Waals surface area contributed by atoms with Gasteiger partial charge < -0.3 is 10.5 Å². The van der Waals surface area contributed by atoms with Crippen LogP contribution >= 0.6 is 0 Å². The zero-order valence-corrected chi connectivity index (χ0v) is 14.6. The number of likely N-dealkylation sites (N-methyl/N-ethyl adjacent to an activating group) is 1. The number of fused-ring (bicyclic) bond motifs is 3. The van der Waals surface area contributed by atoms with E-state index < -0.39 is 5.54 Å². The third-order valence-electron chi connectivity index (χ3n) is 6.41. The van der Waals surface area contributed by atoms with Crippen molar-refractivity contribution in [3.63, 3.8) is 0 Å². The van der Waals surface area contributed by atoms with Gasteiger partial charge in [-0.25, -0.2) is 4.99 Å². The Bertz CT molecular complexity index is 734. The van der Waals surface area contributed by atoms with Crippen molar-refractivity contribution in [2.24, 2.45) is 16.1 Å². The molecule has 1 atom stereocenters. The van der Waals surface area contributed by atoms with Crippen LogP contribution in [0.1, 0.15) is 42.4 Å². The lowest BCUT2D eigenvalue weighted by Crippen LogP contribution is -2.51. The van der Waals surface area contributed by atoms with Crippen molar-refractivity contribution in [2.75, 3.05) is 14.2 Å². The van der Waals surface area contributed by atoms with Crippen molar-refractivity contribution < 1.29 is 9.53 Å². The van der Waals surface area contributed by atoms with Crippen LogP contribution in [0.5, 0.6) is 0 Å². The summed E-state index contributed by atoms with van der Waals surface area (Å²) in [5, 5.41) is 0. The Morgan fingerprint density at radius 1 is 1.33 bits per heavy atom. The van der Waals surface area contributed by atoms with E-state index in [1.165, 1.54) is 10.5 Å². The van der Waals surface area contributed by atoms with E-state index in [1.54, 1.807) is 14.2 Å². The highest BCUT2D eigenvalue weighted by Gasteiger charge is 2.66. The topological polar surface area (TPSA) is 67.9 Å². The van der Waals surface area contributed by atoms with Gasteiger partial charge in [0.15, 0.2) is 11.5 Å². The largest absolute Gasteiger partial charge is 0.381 e. The Labute approximate surface area is 142 Å². The number of hydrogen-bond acceptors (Lipinski definition) is 4. The minimum Gasteiger partial charge on any atom is -0.381 e. The summed E-state index contributed by atoms with van der Waals surface area (Å²) in [6.45, 7) is 2.07. The van der Waals surface area contributed by atoms with Crippen molar-refractivity contribution in [2.45, 2.75) is 50.7 Å². The molecule has 2 spiro atoms. The van der Waals surface area contributed by atoms with Crippen LogP contribution in [0.2, 0.25) is 0 Å². The zero-order chi connectivity index (χ0) is 17.1. The molecule has 24 heavy (non-hydrogen) atoms. The molecule has 1 saturated carbocycles. The molecule has 2 aliphatic carbocycles. The lowest BCUT2D eigenvalue weighted by Gasteiger charge is -2.45. The Hall–Kier alpha value is -1.88. The average Bonchev–Trinajstić information content (AvgIpc) is 2.97. The van der Waals surface area contributed by atoms with E-state index >= 15 is 0 Å². The van der Waals surface area contributed by atoms with Gasteiger partial charge in [0.2, 0.25) is 0 Å². The molecule has 5 nitrogen and oxygen atoms in total. The highest BCUT2D eigenvalue weighted by Crippen LogP contribution is 2.61. The maximum Gasteiger partial charge on any atom is 0.262 e. The maximum atomic E-state index is 13.3. The monoisotopic (exact) mass is 327 g/mol. The number of amides is 1. The van der Waals surface area contributed by atoms with Gasteiger partial charge in [0.25, 0.3) is 5.91 Å². The molecule has 128 valence electrons. The summed E-state index contributed by atoms with van der Waals surface area (Å²) >= 11 is 0. The summed E-state index contributed by atoms with van der Waals surface area (Å²) in [6, 6.07) is 6.43. The van der Waals surface area contributed by atoms with Crippen LogP contribution in [0.15, 0.2) is 23.2 Å². The highest BCUT2D eigenvalue weighted by atomic mass is 16.5. The summed E-state index contributed by atoms with van der Waals surface area (Å²) in [4.78, 5) is 19.7. The van der Waals surface area contributed by atoms with Gasteiger partial charge in [0.1, 0.15) is 0 Å². The molecule has 1 aliphatic heterocycles. The number of guanidine groups is 1. The fourth-order valence-corrected chi connectivity index (χ4v) is 5.04. The van der Waals surface area contributed by atoms with E-state index in [0.29, 0.717) is 5.96 Å². The van der Waals surface area contributed by atoms with E-state index in [9.17, 15) is 4.79 Å². The minimum absolute atomic E-state index is 0.0280. The standard InChI is InChI=1S/C19H25N3O2/c1-12-4-5-13-11-18(8-6-14(24-3)7-9-18)19(15(13)10-12)16(23)22(2)17(20)21-19/h4-5,10,14H,6-9,11H2,1-3H3,(H2,20,21). The van der Waals surface area contributed by atoms with Crippen molar-refractivity contribution in [1.29, 1.82) is 0 Å². The number of hydrogen-bond donors (Lipinski definition) is 1. The van der Waals surface area contributed by atoms with Crippen molar-refractivity contribution in [1.82, 2.24) is 4.90 Å². The summed E-state index contributed by atoms with van der Waals surface area (Å²) < 4.78 is 5.55. The number of nitrogens with zero attached hydrogens (tertiary/aromatic N) is 2. The van der Waals surface area contributed by atoms with Gasteiger partial charge in [-0.3, -0.25) is 9.69 Å². The summed E-state index contributed by atoms with van der Waals surface area (Å²) in [7, 11) is 3.51. The third kappa shape index (κ3) is 1.79. The summed E-state index contributed by atoms with van der Waals surface area (Å²) in [5.41, 5.74) is 8.55. The van der Waals surface area contributed by atoms with Gasteiger partial charge >= 0.3 is 0 Å². The van der Waals surface area contributed by atoms with Gasteiger partial charge in [-0.2, -0.15) is 0 Å². The van der Waals surface area contributed by atoms with E-state index in [4.69, 9.17) is 15.5 Å². The van der Waals surface area contributed by atoms with Crippen LogP contribution in [0.4, 0.5) is 0 Å². The van der Waals surface area contributed by atoms with Crippen molar-refractivity contribution >= 4 is 11.9 Å². The molecule has 1 heterocycles. The fourth-order valence-electron chi connectivity index (χ4n) is 5.04. The molecule has 5 heteroatoms. The molecule has 0 bridgehead atoms. The number of methoxy groups -OCH3 is 1. The molecular formula is C19H25N3O2. The van der Waals surface area contributed by atoms with Crippen LogP contribution in [-0.4, -0.2) is 37.0 Å². The number of carbonyl (C=O) groups excluding carboxylic acids is 1. The molecule has 0 aromatic heterocycles. The van der Waals surface area contributed by atoms with E-state index in [0.717, 1.165) is 43.2 Å². The van der Waals surface area contributed by atoms with Crippen molar-refractivity contribution in [3.05, 3.63) is 34.9 Å². The summed E-state index contributed by atoms with van der Waals surface area (Å²) in [6.07, 6.45) is 5.00. The Morgan fingerprint density at radius 3 is 2.62 bits per heavy atom. The molecule has 4 rings (SSSR count). The number of aliphatic imine (C=N–C) groups is 1. The predicted octanol–water partition coefficient (Wildman–Crippen LogP) is 2.11. The average molecular weight is 327 g/mol. The number of aryl methyl sites for hydroxylation is 1. The van der Waals surface area contributed by atoms with Gasteiger partial charge in [0, 0.05) is 19.6 Å². The van der Waals surface area contributed by atoms with Crippen LogP contribution in [-0.2, 0) is 21.5 Å². The van der Waals surface area contributed by atoms with Crippen LogP contribution in [0, 0.1) is 12.3 Å². The van der Waals surface area contributed by atoms with E-state index in [-0.39, 0.29) is 17.4 Å². The smallest absolute Gasteiger partial charge is 0.262 e. The molecular weight excluding hydrogens is 302 g/mol. The molecule has 1 aromatic rings. The second kappa shape index (κ2) is 5.06. The van der Waals surface area contributed by atoms with Gasteiger partial charge in [0.05, 0.1) is 6.10 Å².